The lowest BCUT2D eigenvalue weighted by Crippen LogP contribution is -2.54. The number of rotatable bonds is 4. The molecule has 2 aliphatic heterocycles. The summed E-state index contributed by atoms with van der Waals surface area (Å²) in [6.07, 6.45) is 2.88. The number of nitrogens with zero attached hydrogens (tertiary/aromatic N) is 2. The molecule has 2 aliphatic rings. The SMILES string of the molecule is CC(C)CC(=O)N1CCSC12CCN(C(=O)Cc1ccccc1)CC2. The molecule has 2 amide bonds. The van der Waals surface area contributed by atoms with Gasteiger partial charge in [0.25, 0.3) is 0 Å². The number of benzene rings is 1. The van der Waals surface area contributed by atoms with Gasteiger partial charge in [0.05, 0.1) is 11.3 Å². The number of carbonyl (C=O) groups is 2. The quantitative estimate of drug-likeness (QED) is 0.828. The third-order valence-corrected chi connectivity index (χ3v) is 6.71. The number of amides is 2. The summed E-state index contributed by atoms with van der Waals surface area (Å²) in [4.78, 5) is 29.2. The topological polar surface area (TPSA) is 40.6 Å². The van der Waals surface area contributed by atoms with Crippen LogP contribution in [0.3, 0.4) is 0 Å². The van der Waals surface area contributed by atoms with Crippen molar-refractivity contribution in [1.29, 1.82) is 0 Å². The van der Waals surface area contributed by atoms with Crippen molar-refractivity contribution >= 4 is 23.6 Å². The van der Waals surface area contributed by atoms with E-state index in [1.165, 1.54) is 0 Å². The summed E-state index contributed by atoms with van der Waals surface area (Å²) < 4.78 is 0. The highest BCUT2D eigenvalue weighted by molar-refractivity contribution is 8.00. The summed E-state index contributed by atoms with van der Waals surface area (Å²) in [5.74, 6) is 1.89. The summed E-state index contributed by atoms with van der Waals surface area (Å²) in [6.45, 7) is 6.56. The van der Waals surface area contributed by atoms with Crippen molar-refractivity contribution in [3.05, 3.63) is 35.9 Å². The summed E-state index contributed by atoms with van der Waals surface area (Å²) in [5.41, 5.74) is 1.07. The van der Waals surface area contributed by atoms with Gasteiger partial charge >= 0.3 is 0 Å². The van der Waals surface area contributed by atoms with Crippen LogP contribution in [0.15, 0.2) is 30.3 Å². The summed E-state index contributed by atoms with van der Waals surface area (Å²) in [7, 11) is 0. The van der Waals surface area contributed by atoms with E-state index < -0.39 is 0 Å². The first kappa shape index (κ1) is 18.3. The summed E-state index contributed by atoms with van der Waals surface area (Å²) in [5, 5.41) is 0. The van der Waals surface area contributed by atoms with Crippen LogP contribution in [0.25, 0.3) is 0 Å². The van der Waals surface area contributed by atoms with Crippen molar-refractivity contribution in [3.8, 4) is 0 Å². The van der Waals surface area contributed by atoms with E-state index in [9.17, 15) is 9.59 Å². The molecule has 2 heterocycles. The first-order valence-electron chi connectivity index (χ1n) is 9.26. The van der Waals surface area contributed by atoms with Crippen LogP contribution in [-0.2, 0) is 16.0 Å². The largest absolute Gasteiger partial charge is 0.342 e. The van der Waals surface area contributed by atoms with Crippen molar-refractivity contribution in [3.63, 3.8) is 0 Å². The molecule has 1 aromatic carbocycles. The molecule has 0 radical (unpaired) electrons. The van der Waals surface area contributed by atoms with E-state index in [-0.39, 0.29) is 16.7 Å². The van der Waals surface area contributed by atoms with Crippen LogP contribution in [-0.4, -0.2) is 51.9 Å². The van der Waals surface area contributed by atoms with Crippen LogP contribution in [0.5, 0.6) is 0 Å². The Bertz CT molecular complexity index is 609. The van der Waals surface area contributed by atoms with Gasteiger partial charge in [-0.1, -0.05) is 44.2 Å². The van der Waals surface area contributed by atoms with Crippen LogP contribution in [0.4, 0.5) is 0 Å². The number of hydrogen-bond donors (Lipinski definition) is 0. The molecule has 2 fully saturated rings. The molecule has 0 bridgehead atoms. The van der Waals surface area contributed by atoms with E-state index in [0.29, 0.717) is 18.8 Å². The van der Waals surface area contributed by atoms with E-state index >= 15 is 0 Å². The molecule has 2 saturated heterocycles. The van der Waals surface area contributed by atoms with Crippen LogP contribution < -0.4 is 0 Å². The average Bonchev–Trinajstić information content (AvgIpc) is 2.99. The summed E-state index contributed by atoms with van der Waals surface area (Å²) >= 11 is 1.91. The molecule has 3 rings (SSSR count). The Morgan fingerprint density at radius 3 is 2.40 bits per heavy atom. The Balaban J connectivity index is 1.58. The third kappa shape index (κ3) is 4.20. The Labute approximate surface area is 154 Å². The van der Waals surface area contributed by atoms with Crippen molar-refractivity contribution in [2.45, 2.75) is 44.4 Å². The molecule has 0 unspecified atom stereocenters. The minimum atomic E-state index is -0.0739. The van der Waals surface area contributed by atoms with Crippen LogP contribution >= 0.6 is 11.8 Å². The van der Waals surface area contributed by atoms with E-state index in [4.69, 9.17) is 0 Å². The molecule has 0 N–H and O–H groups in total. The fourth-order valence-corrected chi connectivity index (χ4v) is 5.30. The zero-order valence-corrected chi connectivity index (χ0v) is 16.1. The Morgan fingerprint density at radius 2 is 1.76 bits per heavy atom. The average molecular weight is 361 g/mol. The first-order chi connectivity index (χ1) is 12.0. The van der Waals surface area contributed by atoms with E-state index in [0.717, 1.165) is 43.8 Å². The zero-order valence-electron chi connectivity index (χ0n) is 15.2. The molecule has 0 saturated carbocycles. The second kappa shape index (κ2) is 7.81. The van der Waals surface area contributed by atoms with Gasteiger partial charge in [-0.15, -0.1) is 11.8 Å². The lowest BCUT2D eigenvalue weighted by Gasteiger charge is -2.44. The van der Waals surface area contributed by atoms with Crippen LogP contribution in [0.2, 0.25) is 0 Å². The third-order valence-electron chi connectivity index (χ3n) is 5.16. The Morgan fingerprint density at radius 1 is 1.08 bits per heavy atom. The van der Waals surface area contributed by atoms with Gasteiger partial charge in [0, 0.05) is 31.8 Å². The van der Waals surface area contributed by atoms with E-state index in [2.05, 4.69) is 18.7 Å². The minimum Gasteiger partial charge on any atom is -0.342 e. The van der Waals surface area contributed by atoms with Crippen LogP contribution in [0, 0.1) is 5.92 Å². The van der Waals surface area contributed by atoms with E-state index in [1.54, 1.807) is 0 Å². The second-order valence-electron chi connectivity index (χ2n) is 7.48. The number of carbonyl (C=O) groups excluding carboxylic acids is 2. The monoisotopic (exact) mass is 360 g/mol. The zero-order chi connectivity index (χ0) is 17.9. The number of piperidine rings is 1. The highest BCUT2D eigenvalue weighted by atomic mass is 32.2. The van der Waals surface area contributed by atoms with Gasteiger partial charge < -0.3 is 9.80 Å². The molecule has 136 valence electrons. The maximum absolute atomic E-state index is 12.6. The fourth-order valence-electron chi connectivity index (χ4n) is 3.82. The number of hydrogen-bond acceptors (Lipinski definition) is 3. The van der Waals surface area contributed by atoms with E-state index in [1.807, 2.05) is 47.0 Å². The van der Waals surface area contributed by atoms with Gasteiger partial charge in [0.1, 0.15) is 0 Å². The molecule has 25 heavy (non-hydrogen) atoms. The van der Waals surface area contributed by atoms with Gasteiger partial charge in [-0.2, -0.15) is 0 Å². The Kier molecular flexibility index (Phi) is 5.72. The lowest BCUT2D eigenvalue weighted by molar-refractivity contribution is -0.137. The summed E-state index contributed by atoms with van der Waals surface area (Å²) in [6, 6.07) is 9.92. The maximum atomic E-state index is 12.6. The fraction of sp³-hybridized carbons (Fsp3) is 0.600. The molecule has 1 spiro atoms. The lowest BCUT2D eigenvalue weighted by atomic mass is 9.99. The predicted octanol–water partition coefficient (Wildman–Crippen LogP) is 3.17. The van der Waals surface area contributed by atoms with Gasteiger partial charge in [-0.3, -0.25) is 9.59 Å². The predicted molar refractivity (Wildman–Crippen MR) is 102 cm³/mol. The van der Waals surface area contributed by atoms with Gasteiger partial charge in [-0.05, 0) is 24.3 Å². The van der Waals surface area contributed by atoms with Crippen molar-refractivity contribution in [2.24, 2.45) is 5.92 Å². The molecular formula is C20H28N2O2S. The van der Waals surface area contributed by atoms with Crippen molar-refractivity contribution in [1.82, 2.24) is 9.80 Å². The normalized spacial score (nSPS) is 19.6. The standard InChI is InChI=1S/C20H28N2O2S/c1-16(2)14-19(24)22-12-13-25-20(22)8-10-21(11-9-20)18(23)15-17-6-4-3-5-7-17/h3-7,16H,8-15H2,1-2H3. The number of thioether (sulfide) groups is 1. The molecule has 4 nitrogen and oxygen atoms in total. The van der Waals surface area contributed by atoms with Crippen molar-refractivity contribution in [2.75, 3.05) is 25.4 Å². The second-order valence-corrected chi connectivity index (χ2v) is 8.94. The molecule has 1 aromatic rings. The molecular weight excluding hydrogens is 332 g/mol. The minimum absolute atomic E-state index is 0.0739. The van der Waals surface area contributed by atoms with Crippen molar-refractivity contribution < 1.29 is 9.59 Å². The van der Waals surface area contributed by atoms with Gasteiger partial charge in [-0.25, -0.2) is 0 Å². The highest BCUT2D eigenvalue weighted by Gasteiger charge is 2.46. The molecule has 0 atom stereocenters. The molecule has 5 heteroatoms. The smallest absolute Gasteiger partial charge is 0.226 e. The van der Waals surface area contributed by atoms with Gasteiger partial charge in [0.2, 0.25) is 11.8 Å². The Hall–Kier alpha value is -1.49. The van der Waals surface area contributed by atoms with Crippen LogP contribution in [0.1, 0.15) is 38.7 Å². The highest BCUT2D eigenvalue weighted by Crippen LogP contribution is 2.44. The first-order valence-corrected chi connectivity index (χ1v) is 10.2. The van der Waals surface area contributed by atoms with Gasteiger partial charge in [0.15, 0.2) is 0 Å². The molecule has 0 aliphatic carbocycles. The number of likely N-dealkylation sites (tertiary alicyclic amines) is 1. The molecule has 0 aromatic heterocycles. The maximum Gasteiger partial charge on any atom is 0.226 e.